The van der Waals surface area contributed by atoms with E-state index < -0.39 is 0 Å². The largest absolute Gasteiger partial charge is 0.468 e. The molecule has 1 N–H and O–H groups in total. The van der Waals surface area contributed by atoms with Crippen LogP contribution in [0.5, 0.6) is 0 Å². The average molecular weight is 281 g/mol. The highest BCUT2D eigenvalue weighted by Crippen LogP contribution is 2.34. The van der Waals surface area contributed by atoms with E-state index in [9.17, 15) is 9.59 Å². The summed E-state index contributed by atoms with van der Waals surface area (Å²) in [6.45, 7) is 3.30. The van der Waals surface area contributed by atoms with Crippen molar-refractivity contribution in [2.75, 3.05) is 39.8 Å². The number of nitrogens with zero attached hydrogens (tertiary/aromatic N) is 2. The zero-order chi connectivity index (χ0) is 14.1. The van der Waals surface area contributed by atoms with E-state index in [1.807, 2.05) is 4.90 Å². The number of methoxy groups -OCH3 is 1. The summed E-state index contributed by atoms with van der Waals surface area (Å²) in [6, 6.07) is 0.968. The van der Waals surface area contributed by atoms with Crippen molar-refractivity contribution < 1.29 is 14.3 Å². The summed E-state index contributed by atoms with van der Waals surface area (Å²) in [5.41, 5.74) is 0. The van der Waals surface area contributed by atoms with Gasteiger partial charge in [-0.05, 0) is 19.3 Å². The van der Waals surface area contributed by atoms with Crippen LogP contribution in [0.1, 0.15) is 19.3 Å². The third-order valence-electron chi connectivity index (χ3n) is 4.88. The summed E-state index contributed by atoms with van der Waals surface area (Å²) in [4.78, 5) is 27.8. The molecular weight excluding hydrogens is 258 g/mol. The van der Waals surface area contributed by atoms with Crippen LogP contribution in [-0.2, 0) is 14.3 Å². The third-order valence-corrected chi connectivity index (χ3v) is 4.88. The number of amides is 1. The molecule has 3 unspecified atom stereocenters. The van der Waals surface area contributed by atoms with Gasteiger partial charge in [-0.3, -0.25) is 14.5 Å². The first-order valence-corrected chi connectivity index (χ1v) is 7.51. The van der Waals surface area contributed by atoms with E-state index in [0.717, 1.165) is 39.0 Å². The highest BCUT2D eigenvalue weighted by Gasteiger charge is 2.44. The molecule has 2 bridgehead atoms. The number of nitrogens with one attached hydrogen (secondary N) is 1. The summed E-state index contributed by atoms with van der Waals surface area (Å²) in [5.74, 6) is 0.283. The molecule has 20 heavy (non-hydrogen) atoms. The monoisotopic (exact) mass is 281 g/mol. The Morgan fingerprint density at radius 3 is 2.50 bits per heavy atom. The molecule has 3 heterocycles. The standard InChI is InChI=1S/C14H23N3O3/c1-20-13(18)9-16-4-6-17(7-5-16)14(19)11-8-10-2-3-12(11)15-10/h10-12,15H,2-9H2,1H3. The minimum atomic E-state index is -0.206. The Balaban J connectivity index is 1.48. The van der Waals surface area contributed by atoms with Crippen LogP contribution >= 0.6 is 0 Å². The second kappa shape index (κ2) is 5.69. The molecule has 3 aliphatic heterocycles. The third kappa shape index (κ3) is 2.67. The van der Waals surface area contributed by atoms with E-state index in [2.05, 4.69) is 15.0 Å². The molecular formula is C14H23N3O3. The van der Waals surface area contributed by atoms with Gasteiger partial charge in [0.1, 0.15) is 0 Å². The van der Waals surface area contributed by atoms with Crippen LogP contribution < -0.4 is 5.32 Å². The summed E-state index contributed by atoms with van der Waals surface area (Å²) >= 11 is 0. The van der Waals surface area contributed by atoms with Crippen LogP contribution in [0.4, 0.5) is 0 Å². The Morgan fingerprint density at radius 1 is 1.20 bits per heavy atom. The van der Waals surface area contributed by atoms with E-state index in [-0.39, 0.29) is 11.9 Å². The van der Waals surface area contributed by atoms with Gasteiger partial charge in [0.25, 0.3) is 0 Å². The summed E-state index contributed by atoms with van der Waals surface area (Å²) < 4.78 is 4.67. The Labute approximate surface area is 119 Å². The Bertz CT molecular complexity index is 393. The Hall–Kier alpha value is -1.14. The van der Waals surface area contributed by atoms with E-state index in [0.29, 0.717) is 24.5 Å². The molecule has 112 valence electrons. The second-order valence-corrected chi connectivity index (χ2v) is 6.07. The van der Waals surface area contributed by atoms with Crippen molar-refractivity contribution >= 4 is 11.9 Å². The molecule has 0 saturated carbocycles. The van der Waals surface area contributed by atoms with Gasteiger partial charge < -0.3 is 15.0 Å². The molecule has 0 radical (unpaired) electrons. The number of piperazine rings is 1. The van der Waals surface area contributed by atoms with Crippen LogP contribution in [0.2, 0.25) is 0 Å². The lowest BCUT2D eigenvalue weighted by Crippen LogP contribution is -2.52. The number of esters is 1. The fraction of sp³-hybridized carbons (Fsp3) is 0.857. The van der Waals surface area contributed by atoms with Crippen molar-refractivity contribution in [1.82, 2.24) is 15.1 Å². The maximum atomic E-state index is 12.6. The van der Waals surface area contributed by atoms with Crippen molar-refractivity contribution in [2.45, 2.75) is 31.3 Å². The predicted octanol–water partition coefficient (Wildman–Crippen LogP) is -0.556. The van der Waals surface area contributed by atoms with Crippen molar-refractivity contribution in [3.8, 4) is 0 Å². The first kappa shape index (κ1) is 13.8. The van der Waals surface area contributed by atoms with Gasteiger partial charge in [0.05, 0.1) is 19.6 Å². The van der Waals surface area contributed by atoms with Gasteiger partial charge in [0, 0.05) is 38.3 Å². The van der Waals surface area contributed by atoms with E-state index >= 15 is 0 Å². The zero-order valence-corrected chi connectivity index (χ0v) is 12.0. The fourth-order valence-corrected chi connectivity index (χ4v) is 3.71. The molecule has 1 amide bonds. The van der Waals surface area contributed by atoms with Gasteiger partial charge in [-0.2, -0.15) is 0 Å². The molecule has 6 nitrogen and oxygen atoms in total. The van der Waals surface area contributed by atoms with E-state index in [1.54, 1.807) is 0 Å². The summed E-state index contributed by atoms with van der Waals surface area (Å²) in [5, 5.41) is 3.52. The number of carbonyl (C=O) groups excluding carboxylic acids is 2. The normalized spacial score (nSPS) is 33.5. The summed E-state index contributed by atoms with van der Waals surface area (Å²) in [6.07, 6.45) is 3.37. The van der Waals surface area contributed by atoms with Gasteiger partial charge in [0.15, 0.2) is 0 Å². The summed E-state index contributed by atoms with van der Waals surface area (Å²) in [7, 11) is 1.41. The smallest absolute Gasteiger partial charge is 0.319 e. The average Bonchev–Trinajstić information content (AvgIpc) is 3.10. The first-order valence-electron chi connectivity index (χ1n) is 7.51. The molecule has 3 atom stereocenters. The lowest BCUT2D eigenvalue weighted by Gasteiger charge is -2.36. The van der Waals surface area contributed by atoms with Crippen LogP contribution in [0.3, 0.4) is 0 Å². The van der Waals surface area contributed by atoms with Crippen molar-refractivity contribution in [3.05, 3.63) is 0 Å². The molecule has 3 fully saturated rings. The maximum absolute atomic E-state index is 12.6. The quantitative estimate of drug-likeness (QED) is 0.703. The number of hydrogen-bond donors (Lipinski definition) is 1. The number of carbonyl (C=O) groups is 2. The van der Waals surface area contributed by atoms with Gasteiger partial charge >= 0.3 is 5.97 Å². The second-order valence-electron chi connectivity index (χ2n) is 6.07. The maximum Gasteiger partial charge on any atom is 0.319 e. The van der Waals surface area contributed by atoms with Crippen LogP contribution in [0, 0.1) is 5.92 Å². The molecule has 3 rings (SSSR count). The number of fused-ring (bicyclic) bond motifs is 2. The lowest BCUT2D eigenvalue weighted by molar-refractivity contribution is -0.143. The minimum Gasteiger partial charge on any atom is -0.468 e. The van der Waals surface area contributed by atoms with Crippen LogP contribution in [-0.4, -0.2) is 73.6 Å². The molecule has 3 aliphatic rings. The van der Waals surface area contributed by atoms with Crippen molar-refractivity contribution in [3.63, 3.8) is 0 Å². The minimum absolute atomic E-state index is 0.181. The van der Waals surface area contributed by atoms with Crippen LogP contribution in [0.25, 0.3) is 0 Å². The van der Waals surface area contributed by atoms with Gasteiger partial charge in [-0.25, -0.2) is 0 Å². The fourth-order valence-electron chi connectivity index (χ4n) is 3.71. The highest BCUT2D eigenvalue weighted by atomic mass is 16.5. The van der Waals surface area contributed by atoms with Gasteiger partial charge in [-0.1, -0.05) is 0 Å². The molecule has 0 aromatic carbocycles. The topological polar surface area (TPSA) is 61.9 Å². The van der Waals surface area contributed by atoms with Crippen molar-refractivity contribution in [2.24, 2.45) is 5.92 Å². The van der Waals surface area contributed by atoms with Crippen LogP contribution in [0.15, 0.2) is 0 Å². The Kier molecular flexibility index (Phi) is 3.94. The van der Waals surface area contributed by atoms with E-state index in [1.165, 1.54) is 13.5 Å². The number of ether oxygens (including phenoxy) is 1. The Morgan fingerprint density at radius 2 is 1.95 bits per heavy atom. The lowest BCUT2D eigenvalue weighted by atomic mass is 9.88. The van der Waals surface area contributed by atoms with Gasteiger partial charge in [0.2, 0.25) is 5.91 Å². The predicted molar refractivity (Wildman–Crippen MR) is 73.1 cm³/mol. The molecule has 0 aliphatic carbocycles. The molecule has 6 heteroatoms. The SMILES string of the molecule is COC(=O)CN1CCN(C(=O)C2CC3CCC2N3)CC1. The van der Waals surface area contributed by atoms with Gasteiger partial charge in [-0.15, -0.1) is 0 Å². The number of hydrogen-bond acceptors (Lipinski definition) is 5. The molecule has 3 saturated heterocycles. The van der Waals surface area contributed by atoms with Crippen molar-refractivity contribution in [1.29, 1.82) is 0 Å². The molecule has 0 aromatic heterocycles. The van der Waals surface area contributed by atoms with E-state index in [4.69, 9.17) is 0 Å². The molecule has 0 aromatic rings. The first-order chi connectivity index (χ1) is 9.67. The zero-order valence-electron chi connectivity index (χ0n) is 12.0. The molecule has 0 spiro atoms. The highest BCUT2D eigenvalue weighted by molar-refractivity contribution is 5.80. The number of rotatable bonds is 3.